The second-order valence-corrected chi connectivity index (χ2v) is 10.4. The molecule has 0 amide bonds. The third-order valence-electron chi connectivity index (χ3n) is 5.77. The van der Waals surface area contributed by atoms with Gasteiger partial charge < -0.3 is 0 Å². The van der Waals surface area contributed by atoms with Crippen LogP contribution in [0, 0.1) is 0 Å². The van der Waals surface area contributed by atoms with Crippen molar-refractivity contribution in [3.8, 4) is 11.1 Å². The number of rotatable bonds is 2. The number of nitrogens with zero attached hydrogens (tertiary/aromatic N) is 2. The minimum absolute atomic E-state index is 0.258. The van der Waals surface area contributed by atoms with E-state index in [2.05, 4.69) is 117 Å². The topological polar surface area (TPSA) is 6.25 Å². The van der Waals surface area contributed by atoms with Crippen molar-refractivity contribution in [1.29, 1.82) is 0 Å². The van der Waals surface area contributed by atoms with E-state index < -0.39 is 0 Å². The zero-order chi connectivity index (χ0) is 20.8. The Morgan fingerprint density at radius 2 is 1.47 bits per heavy atom. The van der Waals surface area contributed by atoms with Crippen LogP contribution in [0.25, 0.3) is 41.2 Å². The second-order valence-electron chi connectivity index (χ2n) is 8.16. The molecular weight excluding hydrogens is 431 g/mol. The standard InChI is InChI=1S/C27H25N2Se/c1-28(2)20-11-14-22-19(16-20)10-13-24-26(18-8-6-5-7-9-18)23-15-12-21(29(3)4)17-25(23)30-27(22)24/h5-17H,1-4H3/q+1. The van der Waals surface area contributed by atoms with Crippen LogP contribution >= 0.6 is 0 Å². The van der Waals surface area contributed by atoms with Crippen LogP contribution in [0.4, 0.5) is 5.69 Å². The Morgan fingerprint density at radius 1 is 0.733 bits per heavy atom. The van der Waals surface area contributed by atoms with Gasteiger partial charge >= 0.3 is 183 Å². The van der Waals surface area contributed by atoms with Crippen LogP contribution in [0.15, 0.2) is 78.9 Å². The summed E-state index contributed by atoms with van der Waals surface area (Å²) in [5, 5.41) is 6.71. The van der Waals surface area contributed by atoms with Gasteiger partial charge in [-0.05, 0) is 0 Å². The van der Waals surface area contributed by atoms with E-state index in [1.807, 2.05) is 0 Å². The van der Waals surface area contributed by atoms with Crippen LogP contribution in [-0.2, 0) is 0 Å². The maximum absolute atomic E-state index is 2.38. The Bertz CT molecular complexity index is 1470. The predicted molar refractivity (Wildman–Crippen MR) is 133 cm³/mol. The molecule has 0 aliphatic carbocycles. The monoisotopic (exact) mass is 457 g/mol. The van der Waals surface area contributed by atoms with Gasteiger partial charge in [0, 0.05) is 0 Å². The summed E-state index contributed by atoms with van der Waals surface area (Å²) < 4.78 is 5.13. The van der Waals surface area contributed by atoms with Crippen LogP contribution in [0.2, 0.25) is 0 Å². The van der Waals surface area contributed by atoms with Gasteiger partial charge in [-0.1, -0.05) is 0 Å². The molecule has 5 aromatic rings. The van der Waals surface area contributed by atoms with Crippen molar-refractivity contribution >= 4 is 50.3 Å². The van der Waals surface area contributed by atoms with Gasteiger partial charge in [-0.3, -0.25) is 0 Å². The molecule has 0 radical (unpaired) electrons. The average Bonchev–Trinajstić information content (AvgIpc) is 2.77. The third-order valence-corrected chi connectivity index (χ3v) is 8.29. The van der Waals surface area contributed by atoms with E-state index in [0.717, 1.165) is 0 Å². The zero-order valence-corrected chi connectivity index (χ0v) is 19.5. The number of hydrogen-bond acceptors (Lipinski definition) is 1. The van der Waals surface area contributed by atoms with E-state index >= 15 is 0 Å². The fraction of sp³-hybridized carbons (Fsp3) is 0.148. The average molecular weight is 456 g/mol. The van der Waals surface area contributed by atoms with Gasteiger partial charge in [0.15, 0.2) is 0 Å². The van der Waals surface area contributed by atoms with Crippen LogP contribution < -0.4 is 14.8 Å². The first-order valence-corrected chi connectivity index (χ1v) is 11.9. The van der Waals surface area contributed by atoms with Gasteiger partial charge in [-0.15, -0.1) is 0 Å². The molecule has 0 unspecified atom stereocenters. The molecule has 0 aliphatic rings. The molecule has 1 aromatic heterocycles. The molecule has 0 spiro atoms. The number of anilines is 1. The molecule has 5 rings (SSSR count). The summed E-state index contributed by atoms with van der Waals surface area (Å²) in [7, 11) is 8.44. The molecule has 2 nitrogen and oxygen atoms in total. The number of hydrogen-bond donors (Lipinski definition) is 0. The van der Waals surface area contributed by atoms with E-state index in [-0.39, 0.29) is 14.5 Å². The van der Waals surface area contributed by atoms with Crippen molar-refractivity contribution in [2.75, 3.05) is 33.1 Å². The molecule has 0 atom stereocenters. The van der Waals surface area contributed by atoms with E-state index in [1.165, 1.54) is 52.2 Å². The summed E-state index contributed by atoms with van der Waals surface area (Å²) in [6.45, 7) is 0. The summed E-state index contributed by atoms with van der Waals surface area (Å²) in [6, 6.07) is 29.3. The van der Waals surface area contributed by atoms with Crippen LogP contribution in [-0.4, -0.2) is 42.7 Å². The molecule has 0 N–H and O–H groups in total. The molecule has 0 saturated carbocycles. The second kappa shape index (κ2) is 7.43. The first-order valence-electron chi connectivity index (χ1n) is 10.2. The van der Waals surface area contributed by atoms with Gasteiger partial charge in [-0.25, -0.2) is 0 Å². The van der Waals surface area contributed by atoms with E-state index in [4.69, 9.17) is 0 Å². The minimum atomic E-state index is 0.258. The van der Waals surface area contributed by atoms with Gasteiger partial charge in [0.1, 0.15) is 0 Å². The molecule has 0 fully saturated rings. The van der Waals surface area contributed by atoms with E-state index in [9.17, 15) is 0 Å². The molecule has 0 aliphatic heterocycles. The van der Waals surface area contributed by atoms with E-state index in [1.54, 1.807) is 0 Å². The Hall–Kier alpha value is -2.87. The van der Waals surface area contributed by atoms with Gasteiger partial charge in [-0.2, -0.15) is 0 Å². The molecule has 3 heteroatoms. The van der Waals surface area contributed by atoms with Gasteiger partial charge in [0.25, 0.3) is 0 Å². The SMILES string of the molecule is CN(C)c1ccc2c(-c3ccccc3)c3ccc4cc(=[N+](C)C)ccc4c3[se]c2c1. The van der Waals surface area contributed by atoms with Crippen molar-refractivity contribution in [2.45, 2.75) is 0 Å². The van der Waals surface area contributed by atoms with Gasteiger partial charge in [0.2, 0.25) is 0 Å². The number of fused-ring (bicyclic) bond motifs is 4. The molecule has 1 heterocycles. The van der Waals surface area contributed by atoms with Crippen molar-refractivity contribution in [3.63, 3.8) is 0 Å². The van der Waals surface area contributed by atoms with E-state index in [0.29, 0.717) is 0 Å². The van der Waals surface area contributed by atoms with Crippen LogP contribution in [0.1, 0.15) is 0 Å². The van der Waals surface area contributed by atoms with Crippen LogP contribution in [0.5, 0.6) is 0 Å². The summed E-state index contributed by atoms with van der Waals surface area (Å²) in [5.74, 6) is 0. The van der Waals surface area contributed by atoms with Crippen molar-refractivity contribution < 1.29 is 0 Å². The summed E-state index contributed by atoms with van der Waals surface area (Å²) in [4.78, 5) is 2.19. The van der Waals surface area contributed by atoms with Crippen molar-refractivity contribution in [3.05, 3.63) is 84.2 Å². The summed E-state index contributed by atoms with van der Waals surface area (Å²) in [6.07, 6.45) is 0. The maximum atomic E-state index is 2.38. The third kappa shape index (κ3) is 3.15. The first kappa shape index (κ1) is 19.1. The first-order chi connectivity index (χ1) is 14.5. The molecule has 0 bridgehead atoms. The molecule has 4 aromatic carbocycles. The Morgan fingerprint density at radius 3 is 2.20 bits per heavy atom. The Balaban J connectivity index is 1.97. The Kier molecular flexibility index (Phi) is 4.73. The predicted octanol–water partition coefficient (Wildman–Crippen LogP) is 4.97. The molecule has 148 valence electrons. The molecular formula is C27H25N2Se+. The zero-order valence-electron chi connectivity index (χ0n) is 17.8. The molecule has 0 saturated heterocycles. The fourth-order valence-electron chi connectivity index (χ4n) is 4.12. The molecule has 30 heavy (non-hydrogen) atoms. The Labute approximate surface area is 183 Å². The van der Waals surface area contributed by atoms with Crippen molar-refractivity contribution in [2.24, 2.45) is 0 Å². The normalized spacial score (nSPS) is 11.3. The quantitative estimate of drug-likeness (QED) is 0.157. The summed E-state index contributed by atoms with van der Waals surface area (Å²) >= 11 is 0.258. The van der Waals surface area contributed by atoms with Crippen molar-refractivity contribution in [1.82, 2.24) is 4.58 Å². The van der Waals surface area contributed by atoms with Crippen LogP contribution in [0.3, 0.4) is 0 Å². The van der Waals surface area contributed by atoms with Gasteiger partial charge in [0.05, 0.1) is 0 Å². The number of benzene rings is 4. The summed E-state index contributed by atoms with van der Waals surface area (Å²) in [5.41, 5.74) is 3.91. The fourth-order valence-corrected chi connectivity index (χ4v) is 6.76.